The van der Waals surface area contributed by atoms with Crippen LogP contribution in [0.5, 0.6) is 23.0 Å². The average Bonchev–Trinajstić information content (AvgIpc) is 3.29. The number of aliphatic hydroxyl groups excluding tert-OH is 2. The van der Waals surface area contributed by atoms with Gasteiger partial charge in [-0.2, -0.15) is 5.26 Å². The summed E-state index contributed by atoms with van der Waals surface area (Å²) >= 11 is 13.4. The number of halogens is 2. The molecule has 0 radical (unpaired) electrons. The van der Waals surface area contributed by atoms with E-state index in [9.17, 15) is 25.4 Å². The molecule has 0 aliphatic rings. The van der Waals surface area contributed by atoms with E-state index in [1.54, 1.807) is 55.0 Å². The van der Waals surface area contributed by atoms with Crippen molar-refractivity contribution in [2.75, 3.05) is 6.61 Å². The lowest BCUT2D eigenvalue weighted by Gasteiger charge is -2.19. The third kappa shape index (κ3) is 12.1. The normalized spacial score (nSPS) is 11.4. The van der Waals surface area contributed by atoms with Gasteiger partial charge in [0.15, 0.2) is 0 Å². The van der Waals surface area contributed by atoms with Crippen molar-refractivity contribution in [2.24, 2.45) is 0 Å². The predicted octanol–water partition coefficient (Wildman–Crippen LogP) is 8.67. The van der Waals surface area contributed by atoms with Crippen LogP contribution in [0.2, 0.25) is 10.0 Å². The zero-order valence-electron chi connectivity index (χ0n) is 34.5. The van der Waals surface area contributed by atoms with Gasteiger partial charge in [-0.1, -0.05) is 59.6 Å². The molecule has 15 heteroatoms. The molecular formula is C48H45Cl2N5O8. The Kier molecular flexibility index (Phi) is 16.1. The first kappa shape index (κ1) is 46.0. The van der Waals surface area contributed by atoms with Crippen LogP contribution in [0.1, 0.15) is 62.1 Å². The molecule has 63 heavy (non-hydrogen) atoms. The predicted molar refractivity (Wildman–Crippen MR) is 239 cm³/mol. The van der Waals surface area contributed by atoms with Crippen molar-refractivity contribution in [2.45, 2.75) is 65.9 Å². The summed E-state index contributed by atoms with van der Waals surface area (Å²) in [6, 6.07) is 23.5. The highest BCUT2D eigenvalue weighted by molar-refractivity contribution is 6.32. The van der Waals surface area contributed by atoms with Gasteiger partial charge >= 0.3 is 5.97 Å². The van der Waals surface area contributed by atoms with E-state index >= 15 is 0 Å². The number of aliphatic carboxylic acids is 1. The van der Waals surface area contributed by atoms with Gasteiger partial charge in [-0.05, 0) is 71.5 Å². The van der Waals surface area contributed by atoms with Crippen LogP contribution in [-0.2, 0) is 44.4 Å². The van der Waals surface area contributed by atoms with Crippen LogP contribution >= 0.6 is 23.2 Å². The highest BCUT2D eigenvalue weighted by Gasteiger charge is 2.18. The van der Waals surface area contributed by atoms with Crippen LogP contribution in [0.25, 0.3) is 11.1 Å². The topological polar surface area (TPSA) is 200 Å². The number of nitriles is 1. The number of aliphatic hydroxyl groups is 2. The quantitative estimate of drug-likeness (QED) is 0.0432. The van der Waals surface area contributed by atoms with Crippen molar-refractivity contribution in [3.05, 3.63) is 163 Å². The van der Waals surface area contributed by atoms with E-state index in [0.29, 0.717) is 60.9 Å². The molecule has 0 bridgehead atoms. The molecule has 324 valence electrons. The van der Waals surface area contributed by atoms with Gasteiger partial charge in [-0.3, -0.25) is 14.8 Å². The molecule has 6 aromatic rings. The number of benzene rings is 4. The van der Waals surface area contributed by atoms with Crippen LogP contribution in [0.15, 0.2) is 97.6 Å². The first-order chi connectivity index (χ1) is 30.5. The summed E-state index contributed by atoms with van der Waals surface area (Å²) < 4.78 is 24.8. The van der Waals surface area contributed by atoms with Gasteiger partial charge < -0.3 is 45.0 Å². The second kappa shape index (κ2) is 22.0. The summed E-state index contributed by atoms with van der Waals surface area (Å²) in [5.74, 6) is 0.529. The smallest absolute Gasteiger partial charge is 0.305 e. The van der Waals surface area contributed by atoms with Crippen molar-refractivity contribution in [1.82, 2.24) is 15.3 Å². The molecule has 5 N–H and O–H groups in total. The van der Waals surface area contributed by atoms with Gasteiger partial charge in [0.2, 0.25) is 0 Å². The number of nitrogens with zero attached hydrogens (tertiary/aromatic N) is 3. The van der Waals surface area contributed by atoms with Gasteiger partial charge in [0.1, 0.15) is 55.5 Å². The standard InChI is InChI=1S/C48H45Cl2N5O8/c1-29-35(27-62-46-14-44(60-25-33-9-31(16-51)18-53-20-33)37(11-42(46)49)22-55-39(24-57)13-48(58)59)5-3-7-40(29)41-8-4-6-36(30(41)2)28-63-47-15-45(38(23-56)12-43(47)50)61-26-34-10-32(17-52)19-54-21-34/h3-12,14-15,17-21,39,52,55-57H,13,22-28H2,1-2H3,(H,58,59)/t39-/m0/s1. The lowest BCUT2D eigenvalue weighted by atomic mass is 9.92. The summed E-state index contributed by atoms with van der Waals surface area (Å²) in [6.45, 7) is 4.18. The maximum atomic E-state index is 11.3. The summed E-state index contributed by atoms with van der Waals surface area (Å²) in [5, 5.41) is 49.5. The van der Waals surface area contributed by atoms with E-state index in [4.69, 9.17) is 47.6 Å². The molecule has 0 spiro atoms. The van der Waals surface area contributed by atoms with Crippen LogP contribution in [-0.4, -0.2) is 50.1 Å². The largest absolute Gasteiger partial charge is 0.488 e. The van der Waals surface area contributed by atoms with Crippen molar-refractivity contribution in [3.63, 3.8) is 0 Å². The fourth-order valence-electron chi connectivity index (χ4n) is 6.76. The Morgan fingerprint density at radius 1 is 0.746 bits per heavy atom. The van der Waals surface area contributed by atoms with Crippen molar-refractivity contribution >= 4 is 35.4 Å². The van der Waals surface area contributed by atoms with Crippen LogP contribution in [0.4, 0.5) is 0 Å². The number of carboxylic acid groups (broad SMARTS) is 1. The number of nitrogens with one attached hydrogen (secondary N) is 2. The lowest BCUT2D eigenvalue weighted by molar-refractivity contribution is -0.137. The molecule has 0 aliphatic carbocycles. The maximum absolute atomic E-state index is 11.3. The minimum Gasteiger partial charge on any atom is -0.488 e. The van der Waals surface area contributed by atoms with Gasteiger partial charge in [-0.15, -0.1) is 0 Å². The van der Waals surface area contributed by atoms with E-state index in [1.165, 1.54) is 12.4 Å². The zero-order chi connectivity index (χ0) is 44.9. The minimum atomic E-state index is -1.05. The van der Waals surface area contributed by atoms with Gasteiger partial charge in [0.25, 0.3) is 0 Å². The third-order valence-corrected chi connectivity index (χ3v) is 10.9. The first-order valence-electron chi connectivity index (χ1n) is 19.8. The molecule has 0 aliphatic heterocycles. The summed E-state index contributed by atoms with van der Waals surface area (Å²) in [6.07, 6.45) is 7.24. The molecule has 2 aromatic heterocycles. The number of aromatic nitrogens is 2. The Balaban J connectivity index is 1.18. The van der Waals surface area contributed by atoms with Gasteiger partial charge in [0, 0.05) is 83.5 Å². The second-order valence-electron chi connectivity index (χ2n) is 14.6. The zero-order valence-corrected chi connectivity index (χ0v) is 36.0. The van der Waals surface area contributed by atoms with Crippen LogP contribution in [0, 0.1) is 30.6 Å². The molecule has 1 atom stereocenters. The summed E-state index contributed by atoms with van der Waals surface area (Å²) in [7, 11) is 0. The molecule has 0 saturated heterocycles. The molecule has 4 aromatic carbocycles. The fourth-order valence-corrected chi connectivity index (χ4v) is 7.24. The third-order valence-electron chi connectivity index (χ3n) is 10.3. The summed E-state index contributed by atoms with van der Waals surface area (Å²) in [5.41, 5.74) is 9.44. The number of hydrogen-bond donors (Lipinski definition) is 5. The maximum Gasteiger partial charge on any atom is 0.305 e. The minimum absolute atomic E-state index is 0.0825. The van der Waals surface area contributed by atoms with Crippen molar-refractivity contribution in [1.29, 1.82) is 10.7 Å². The summed E-state index contributed by atoms with van der Waals surface area (Å²) in [4.78, 5) is 19.6. The monoisotopic (exact) mass is 889 g/mol. The average molecular weight is 891 g/mol. The van der Waals surface area contributed by atoms with Crippen molar-refractivity contribution < 1.29 is 39.1 Å². The van der Waals surface area contributed by atoms with Crippen LogP contribution in [0.3, 0.4) is 0 Å². The Bertz CT molecular complexity index is 2640. The van der Waals surface area contributed by atoms with E-state index in [2.05, 4.69) is 27.4 Å². The number of ether oxygens (including phenoxy) is 4. The highest BCUT2D eigenvalue weighted by Crippen LogP contribution is 2.37. The Hall–Kier alpha value is -6.53. The molecule has 0 unspecified atom stereocenters. The Morgan fingerprint density at radius 3 is 1.83 bits per heavy atom. The fraction of sp³-hybridized carbons (Fsp3) is 0.229. The SMILES string of the molecule is Cc1c(COc2cc(OCc3cncc(C=N)c3)c(CO)cc2Cl)cccc1-c1cccc(COc2cc(OCc3cncc(C#N)c3)c(CN[C@H](CO)CC(=O)O)cc2Cl)c1C. The molecule has 0 amide bonds. The highest BCUT2D eigenvalue weighted by atomic mass is 35.5. The first-order valence-corrected chi connectivity index (χ1v) is 20.5. The van der Waals surface area contributed by atoms with E-state index in [-0.39, 0.29) is 52.6 Å². The molecular weight excluding hydrogens is 845 g/mol. The van der Waals surface area contributed by atoms with Crippen LogP contribution < -0.4 is 24.3 Å². The van der Waals surface area contributed by atoms with Gasteiger partial charge in [0.05, 0.1) is 35.2 Å². The van der Waals surface area contributed by atoms with Crippen molar-refractivity contribution in [3.8, 4) is 40.2 Å². The van der Waals surface area contributed by atoms with E-state index < -0.39 is 12.0 Å². The van der Waals surface area contributed by atoms with E-state index in [0.717, 1.165) is 38.9 Å². The number of hydrogen-bond acceptors (Lipinski definition) is 12. The number of pyridine rings is 2. The Labute approximate surface area is 374 Å². The molecule has 0 fully saturated rings. The molecule has 0 saturated carbocycles. The van der Waals surface area contributed by atoms with E-state index in [1.807, 2.05) is 44.2 Å². The number of rotatable bonds is 21. The lowest BCUT2D eigenvalue weighted by Crippen LogP contribution is -2.34. The Morgan fingerprint density at radius 2 is 1.29 bits per heavy atom. The number of carboxylic acids is 1. The molecule has 13 nitrogen and oxygen atoms in total. The van der Waals surface area contributed by atoms with Gasteiger partial charge in [-0.25, -0.2) is 0 Å². The number of carbonyl (C=O) groups is 1. The molecule has 6 rings (SSSR count). The molecule has 2 heterocycles. The second-order valence-corrected chi connectivity index (χ2v) is 15.4.